The van der Waals surface area contributed by atoms with Gasteiger partial charge in [0.05, 0.1) is 30.5 Å². The third kappa shape index (κ3) is 2.94. The zero-order chi connectivity index (χ0) is 19.1. The Morgan fingerprint density at radius 3 is 2.81 bits per heavy atom. The first-order valence-corrected chi connectivity index (χ1v) is 9.18. The number of rotatable bonds is 2. The third-order valence-corrected chi connectivity index (χ3v) is 5.28. The van der Waals surface area contributed by atoms with Gasteiger partial charge in [0.1, 0.15) is 0 Å². The van der Waals surface area contributed by atoms with Gasteiger partial charge < -0.3 is 14.6 Å². The molecule has 142 valence electrons. The van der Waals surface area contributed by atoms with Crippen molar-refractivity contribution in [1.29, 1.82) is 0 Å². The number of esters is 1. The fourth-order valence-electron chi connectivity index (χ4n) is 4.00. The number of fused-ring (bicyclic) bond motifs is 2. The number of methoxy groups -OCH3 is 1. The van der Waals surface area contributed by atoms with Crippen LogP contribution in [0, 0.1) is 6.92 Å². The summed E-state index contributed by atoms with van der Waals surface area (Å²) in [7, 11) is 1.32. The first-order valence-electron chi connectivity index (χ1n) is 9.18. The van der Waals surface area contributed by atoms with Gasteiger partial charge in [-0.2, -0.15) is 5.10 Å². The number of aryl methyl sites for hydroxylation is 3. The molecule has 1 aliphatic heterocycles. The maximum Gasteiger partial charge on any atom is 0.358 e. The van der Waals surface area contributed by atoms with Crippen molar-refractivity contribution in [1.82, 2.24) is 19.7 Å². The summed E-state index contributed by atoms with van der Waals surface area (Å²) in [5.41, 5.74) is 3.71. The van der Waals surface area contributed by atoms with E-state index in [0.29, 0.717) is 37.2 Å². The van der Waals surface area contributed by atoms with Crippen molar-refractivity contribution in [2.45, 2.75) is 45.7 Å². The molecule has 2 aliphatic rings. The molecule has 4 rings (SSSR count). The van der Waals surface area contributed by atoms with E-state index < -0.39 is 5.97 Å². The molecule has 27 heavy (non-hydrogen) atoms. The van der Waals surface area contributed by atoms with Crippen molar-refractivity contribution < 1.29 is 19.1 Å². The molecule has 3 heterocycles. The van der Waals surface area contributed by atoms with E-state index in [1.165, 1.54) is 7.11 Å². The molecule has 1 N–H and O–H groups in total. The number of Topliss-reactive ketones (excluding diaryl/α,β-unsaturated/α-hetero) is 1. The van der Waals surface area contributed by atoms with E-state index >= 15 is 0 Å². The lowest BCUT2D eigenvalue weighted by molar-refractivity contribution is 0.0592. The average Bonchev–Trinajstić information content (AvgIpc) is 3.14. The average molecular weight is 370 g/mol. The van der Waals surface area contributed by atoms with Gasteiger partial charge in [0, 0.05) is 30.9 Å². The second-order valence-corrected chi connectivity index (χ2v) is 7.07. The molecule has 0 bridgehead atoms. The van der Waals surface area contributed by atoms with E-state index in [2.05, 4.69) is 10.1 Å². The highest BCUT2D eigenvalue weighted by atomic mass is 16.5. The van der Waals surface area contributed by atoms with Crippen LogP contribution in [0.25, 0.3) is 0 Å². The summed E-state index contributed by atoms with van der Waals surface area (Å²) in [6.45, 7) is 3.38. The minimum atomic E-state index is -0.491. The van der Waals surface area contributed by atoms with E-state index in [-0.39, 0.29) is 17.4 Å². The van der Waals surface area contributed by atoms with Crippen molar-refractivity contribution in [3.05, 3.63) is 40.0 Å². The van der Waals surface area contributed by atoms with Gasteiger partial charge in [-0.25, -0.2) is 4.79 Å². The molecule has 0 radical (unpaired) electrons. The third-order valence-electron chi connectivity index (χ3n) is 5.28. The predicted octanol–water partition coefficient (Wildman–Crippen LogP) is 1.87. The fourth-order valence-corrected chi connectivity index (χ4v) is 4.00. The Labute approximate surface area is 156 Å². The van der Waals surface area contributed by atoms with Crippen molar-refractivity contribution in [3.8, 4) is 0 Å². The Morgan fingerprint density at radius 2 is 2.04 bits per heavy atom. The molecule has 0 saturated carbocycles. The van der Waals surface area contributed by atoms with Crippen LogP contribution in [-0.2, 0) is 24.2 Å². The van der Waals surface area contributed by atoms with Crippen molar-refractivity contribution in [3.63, 3.8) is 0 Å². The highest BCUT2D eigenvalue weighted by Gasteiger charge is 2.32. The van der Waals surface area contributed by atoms with Gasteiger partial charge >= 0.3 is 5.97 Å². The Kier molecular flexibility index (Phi) is 4.33. The number of hydrogen-bond donors (Lipinski definition) is 1. The van der Waals surface area contributed by atoms with E-state index in [0.717, 1.165) is 36.3 Å². The highest BCUT2D eigenvalue weighted by molar-refractivity contribution is 6.10. The van der Waals surface area contributed by atoms with Crippen LogP contribution in [-0.4, -0.2) is 51.0 Å². The van der Waals surface area contributed by atoms with E-state index in [1.807, 2.05) is 6.92 Å². The van der Waals surface area contributed by atoms with Crippen LogP contribution in [0.15, 0.2) is 6.07 Å². The van der Waals surface area contributed by atoms with Crippen LogP contribution in [0.4, 0.5) is 0 Å². The maximum atomic E-state index is 13.3. The zero-order valence-corrected chi connectivity index (χ0v) is 15.5. The number of nitrogens with one attached hydrogen (secondary N) is 1. The van der Waals surface area contributed by atoms with Crippen LogP contribution in [0.3, 0.4) is 0 Å². The summed E-state index contributed by atoms with van der Waals surface area (Å²) in [6.07, 6.45) is 2.82. The second kappa shape index (κ2) is 6.68. The molecule has 2 aromatic heterocycles. The van der Waals surface area contributed by atoms with Gasteiger partial charge in [-0.15, -0.1) is 0 Å². The number of H-pyrrole nitrogens is 1. The molecule has 1 aliphatic carbocycles. The number of carbonyl (C=O) groups is 3. The maximum absolute atomic E-state index is 13.3. The lowest BCUT2D eigenvalue weighted by Crippen LogP contribution is -2.32. The van der Waals surface area contributed by atoms with Crippen molar-refractivity contribution in [2.75, 3.05) is 13.7 Å². The topological polar surface area (TPSA) is 97.3 Å². The van der Waals surface area contributed by atoms with E-state index in [4.69, 9.17) is 4.74 Å². The van der Waals surface area contributed by atoms with Crippen LogP contribution in [0.5, 0.6) is 0 Å². The van der Waals surface area contributed by atoms with Gasteiger partial charge in [0.25, 0.3) is 5.91 Å². The van der Waals surface area contributed by atoms with Crippen molar-refractivity contribution in [2.24, 2.45) is 0 Å². The number of aromatic amines is 1. The van der Waals surface area contributed by atoms with E-state index in [9.17, 15) is 14.4 Å². The molecule has 0 aromatic carbocycles. The normalized spacial score (nSPS) is 16.5. The van der Waals surface area contributed by atoms with Gasteiger partial charge in [-0.3, -0.25) is 14.3 Å². The Morgan fingerprint density at radius 1 is 1.22 bits per heavy atom. The number of aromatic nitrogens is 3. The number of amides is 1. The SMILES string of the molecule is COC(=O)c1cc2n(n1)CCCN(C(=O)c1c(C)[nH]c3c1C(=O)CCC3)C2. The molecule has 2 aromatic rings. The number of hydrogen-bond acceptors (Lipinski definition) is 5. The van der Waals surface area contributed by atoms with Crippen LogP contribution < -0.4 is 0 Å². The summed E-state index contributed by atoms with van der Waals surface area (Å²) in [6, 6.07) is 1.67. The minimum Gasteiger partial charge on any atom is -0.464 e. The monoisotopic (exact) mass is 370 g/mol. The van der Waals surface area contributed by atoms with Gasteiger partial charge in [-0.1, -0.05) is 0 Å². The number of carbonyl (C=O) groups excluding carboxylic acids is 3. The quantitative estimate of drug-likeness (QED) is 0.814. The fraction of sp³-hybridized carbons (Fsp3) is 0.474. The van der Waals surface area contributed by atoms with Crippen LogP contribution in [0.1, 0.15) is 67.5 Å². The minimum absolute atomic E-state index is 0.0387. The molecule has 0 spiro atoms. The molecular formula is C19H22N4O4. The van der Waals surface area contributed by atoms with Gasteiger partial charge in [0.2, 0.25) is 0 Å². The molecule has 1 amide bonds. The molecular weight excluding hydrogens is 348 g/mol. The zero-order valence-electron chi connectivity index (χ0n) is 15.5. The van der Waals surface area contributed by atoms with Crippen LogP contribution >= 0.6 is 0 Å². The molecule has 0 fully saturated rings. The number of ether oxygens (including phenoxy) is 1. The lowest BCUT2D eigenvalue weighted by Gasteiger charge is -2.21. The van der Waals surface area contributed by atoms with Crippen LogP contribution in [0.2, 0.25) is 0 Å². The largest absolute Gasteiger partial charge is 0.464 e. The molecule has 0 atom stereocenters. The number of nitrogens with zero attached hydrogens (tertiary/aromatic N) is 3. The Hall–Kier alpha value is -2.90. The Balaban J connectivity index is 1.65. The molecule has 8 nitrogen and oxygen atoms in total. The summed E-state index contributed by atoms with van der Waals surface area (Å²) in [5, 5.41) is 4.28. The van der Waals surface area contributed by atoms with Gasteiger partial charge in [0.15, 0.2) is 11.5 Å². The first kappa shape index (κ1) is 17.5. The smallest absolute Gasteiger partial charge is 0.358 e. The lowest BCUT2D eigenvalue weighted by atomic mass is 9.92. The van der Waals surface area contributed by atoms with E-state index in [1.54, 1.807) is 15.6 Å². The van der Waals surface area contributed by atoms with Gasteiger partial charge in [-0.05, 0) is 32.3 Å². The van der Waals surface area contributed by atoms with Crippen molar-refractivity contribution >= 4 is 17.7 Å². The summed E-state index contributed by atoms with van der Waals surface area (Å²) < 4.78 is 6.49. The molecule has 8 heteroatoms. The molecule has 0 unspecified atom stereocenters. The Bertz CT molecular complexity index is 940. The predicted molar refractivity (Wildman–Crippen MR) is 95.7 cm³/mol. The standard InChI is InChI=1S/C19H22N4O4/c1-11-16(17-13(20-11)5-3-6-15(17)24)18(25)22-7-4-8-23-12(10-22)9-14(21-23)19(26)27-2/h9,20H,3-8,10H2,1-2H3. The summed E-state index contributed by atoms with van der Waals surface area (Å²) in [5.74, 6) is -0.596. The second-order valence-electron chi connectivity index (χ2n) is 7.07. The highest BCUT2D eigenvalue weighted by Crippen LogP contribution is 2.29. The summed E-state index contributed by atoms with van der Waals surface area (Å²) in [4.78, 5) is 42.4. The first-order chi connectivity index (χ1) is 13.0. The number of ketones is 1. The molecule has 0 saturated heterocycles. The summed E-state index contributed by atoms with van der Waals surface area (Å²) >= 11 is 0.